The number of hydrogen-bond donors (Lipinski definition) is 2. The molecule has 11 heteroatoms. The number of halogens is 1. The van der Waals surface area contributed by atoms with Gasteiger partial charge < -0.3 is 29.5 Å². The van der Waals surface area contributed by atoms with Gasteiger partial charge in [0.05, 0.1) is 30.3 Å². The van der Waals surface area contributed by atoms with Crippen molar-refractivity contribution in [2.75, 3.05) is 19.8 Å². The Kier molecular flexibility index (Phi) is 10.5. The first kappa shape index (κ1) is 31.2. The van der Waals surface area contributed by atoms with Crippen molar-refractivity contribution in [2.24, 2.45) is 0 Å². The van der Waals surface area contributed by atoms with Crippen molar-refractivity contribution < 1.29 is 33.7 Å². The Balaban J connectivity index is 1.45. The summed E-state index contributed by atoms with van der Waals surface area (Å²) in [6.07, 6.45) is -0.134. The van der Waals surface area contributed by atoms with Crippen molar-refractivity contribution in [3.63, 3.8) is 0 Å². The lowest BCUT2D eigenvalue weighted by Crippen LogP contribution is -2.47. The second-order valence-corrected chi connectivity index (χ2v) is 10.2. The number of amides is 2. The van der Waals surface area contributed by atoms with Gasteiger partial charge in [0.2, 0.25) is 6.54 Å². The Morgan fingerprint density at radius 2 is 1.70 bits per heavy atom. The van der Waals surface area contributed by atoms with Gasteiger partial charge in [0.15, 0.2) is 11.5 Å². The van der Waals surface area contributed by atoms with E-state index in [0.29, 0.717) is 36.7 Å². The maximum atomic E-state index is 13.3. The predicted octanol–water partition coefficient (Wildman–Crippen LogP) is 5.41. The van der Waals surface area contributed by atoms with Crippen LogP contribution in [0.1, 0.15) is 40.9 Å². The summed E-state index contributed by atoms with van der Waals surface area (Å²) in [5.74, 6) is -0.307. The molecule has 224 valence electrons. The number of hydrogen-bond acceptors (Lipinski definition) is 6. The van der Waals surface area contributed by atoms with E-state index in [1.165, 1.54) is 11.0 Å². The van der Waals surface area contributed by atoms with E-state index in [1.807, 2.05) is 26.0 Å². The quantitative estimate of drug-likeness (QED) is 0.281. The normalized spacial score (nSPS) is 14.6. The Morgan fingerprint density at radius 3 is 2.30 bits per heavy atom. The Labute approximate surface area is 254 Å². The van der Waals surface area contributed by atoms with Crippen LogP contribution in [0.4, 0.5) is 4.79 Å². The fourth-order valence-corrected chi connectivity index (χ4v) is 5.07. The summed E-state index contributed by atoms with van der Waals surface area (Å²) < 4.78 is 17.2. The highest BCUT2D eigenvalue weighted by atomic mass is 35.5. The summed E-state index contributed by atoms with van der Waals surface area (Å²) in [4.78, 5) is 42.8. The van der Waals surface area contributed by atoms with E-state index in [0.717, 1.165) is 11.1 Å². The highest BCUT2D eigenvalue weighted by Crippen LogP contribution is 2.35. The average Bonchev–Trinajstić information content (AvgIpc) is 2.98. The molecule has 0 bridgehead atoms. The van der Waals surface area contributed by atoms with E-state index in [2.05, 4.69) is 10.2 Å². The zero-order valence-corrected chi connectivity index (χ0v) is 24.6. The molecule has 1 unspecified atom stereocenters. The lowest BCUT2D eigenvalue weighted by molar-refractivity contribution is -0.139. The van der Waals surface area contributed by atoms with Gasteiger partial charge in [-0.05, 0) is 66.9 Å². The maximum absolute atomic E-state index is 13.3. The molecule has 10 nitrogen and oxygen atoms in total. The molecule has 1 heterocycles. The number of fused-ring (bicyclic) bond motifs is 1. The highest BCUT2D eigenvalue weighted by Gasteiger charge is 2.34. The number of carboxylic acid groups (broad SMARTS) is 1. The van der Waals surface area contributed by atoms with E-state index < -0.39 is 24.0 Å². The molecule has 2 atom stereocenters. The van der Waals surface area contributed by atoms with Crippen LogP contribution in [-0.2, 0) is 24.2 Å². The molecule has 0 fully saturated rings. The molecule has 0 aromatic heterocycles. The fourth-order valence-electron chi connectivity index (χ4n) is 4.85. The molecule has 0 saturated carbocycles. The zero-order valence-electron chi connectivity index (χ0n) is 23.8. The molecule has 1 aliphatic heterocycles. The van der Waals surface area contributed by atoms with Crippen molar-refractivity contribution >= 4 is 29.6 Å². The van der Waals surface area contributed by atoms with E-state index >= 15 is 0 Å². The van der Waals surface area contributed by atoms with Crippen LogP contribution in [0.2, 0.25) is 5.02 Å². The first-order valence-electron chi connectivity index (χ1n) is 13.8. The van der Waals surface area contributed by atoms with Crippen LogP contribution in [-0.4, -0.2) is 59.8 Å². The predicted molar refractivity (Wildman–Crippen MR) is 160 cm³/mol. The van der Waals surface area contributed by atoms with Crippen LogP contribution in [0, 0.1) is 6.57 Å². The number of aliphatic carboxylic acids is 1. The van der Waals surface area contributed by atoms with Crippen molar-refractivity contribution in [1.29, 1.82) is 0 Å². The van der Waals surface area contributed by atoms with E-state index in [1.54, 1.807) is 42.5 Å². The molecule has 2 N–H and O–H groups in total. The monoisotopic (exact) mass is 605 g/mol. The van der Waals surface area contributed by atoms with Gasteiger partial charge in [-0.3, -0.25) is 9.69 Å². The molecule has 0 spiro atoms. The van der Waals surface area contributed by atoms with E-state index in [-0.39, 0.29) is 41.9 Å². The van der Waals surface area contributed by atoms with Gasteiger partial charge in [0.1, 0.15) is 17.8 Å². The van der Waals surface area contributed by atoms with Crippen LogP contribution in [0.5, 0.6) is 17.2 Å². The highest BCUT2D eigenvalue weighted by molar-refractivity contribution is 6.33. The third-order valence-corrected chi connectivity index (χ3v) is 7.26. The Morgan fingerprint density at radius 1 is 1.05 bits per heavy atom. The molecule has 0 radical (unpaired) electrons. The standard InChI is InChI=1S/C32H32ClN3O7/c1-4-41-28-16-21-15-23(18-34-3)36(19-22(21)17-29(28)42-5-2)32(40)43-24-12-10-20(11-13-24)14-27(31(38)39)35-30(37)25-8-6-7-9-26(25)33/h6-13,16-17,23,27H,4-5,14-15,18-19H2,1-2H3,(H,35,37)(H,38,39)/t23?,27-/m0/s1. The number of nitrogens with one attached hydrogen (secondary N) is 1. The summed E-state index contributed by atoms with van der Waals surface area (Å²) in [6.45, 7) is 12.5. The van der Waals surface area contributed by atoms with Gasteiger partial charge in [-0.2, -0.15) is 0 Å². The van der Waals surface area contributed by atoms with Crippen LogP contribution >= 0.6 is 11.6 Å². The molecule has 1 aliphatic rings. The lowest BCUT2D eigenvalue weighted by Gasteiger charge is -2.34. The number of nitrogens with zero attached hydrogens (tertiary/aromatic N) is 2. The minimum absolute atomic E-state index is 0.00162. The number of carboxylic acids is 1. The summed E-state index contributed by atoms with van der Waals surface area (Å²) in [6, 6.07) is 15.0. The topological polar surface area (TPSA) is 119 Å². The SMILES string of the molecule is [C-]#[N+]CC1Cc2cc(OCC)c(OCC)cc2CN1C(=O)Oc1ccc(C[C@H](NC(=O)c2ccccc2Cl)C(=O)O)cc1. The molecule has 2 amide bonds. The molecule has 4 rings (SSSR count). The van der Waals surface area contributed by atoms with Crippen molar-refractivity contribution in [1.82, 2.24) is 10.2 Å². The molecule has 3 aromatic rings. The van der Waals surface area contributed by atoms with Crippen LogP contribution in [0.3, 0.4) is 0 Å². The second kappa shape index (κ2) is 14.4. The number of ether oxygens (including phenoxy) is 3. The lowest BCUT2D eigenvalue weighted by atomic mass is 9.93. The minimum atomic E-state index is -1.20. The van der Waals surface area contributed by atoms with Gasteiger partial charge >= 0.3 is 12.1 Å². The molecular weight excluding hydrogens is 574 g/mol. The van der Waals surface area contributed by atoms with E-state index in [9.17, 15) is 19.5 Å². The van der Waals surface area contributed by atoms with Gasteiger partial charge in [0, 0.05) is 12.8 Å². The zero-order chi connectivity index (χ0) is 30.9. The number of carbonyl (C=O) groups excluding carboxylic acids is 2. The average molecular weight is 606 g/mol. The van der Waals surface area contributed by atoms with Crippen LogP contribution in [0.15, 0.2) is 60.7 Å². The Bertz CT molecular complexity index is 1520. The van der Waals surface area contributed by atoms with Crippen molar-refractivity contribution in [3.05, 3.63) is 99.4 Å². The molecule has 0 aliphatic carbocycles. The summed E-state index contributed by atoms with van der Waals surface area (Å²) in [5, 5.41) is 12.4. The summed E-state index contributed by atoms with van der Waals surface area (Å²) in [7, 11) is 0. The molecule has 3 aromatic carbocycles. The summed E-state index contributed by atoms with van der Waals surface area (Å²) >= 11 is 6.07. The Hall–Kier alpha value is -4.75. The maximum Gasteiger partial charge on any atom is 0.416 e. The third-order valence-electron chi connectivity index (χ3n) is 6.93. The van der Waals surface area contributed by atoms with Crippen LogP contribution in [0.25, 0.3) is 4.85 Å². The number of rotatable bonds is 11. The van der Waals surface area contributed by atoms with Gasteiger partial charge in [-0.15, -0.1) is 0 Å². The van der Waals surface area contributed by atoms with Gasteiger partial charge in [-0.25, -0.2) is 16.2 Å². The smallest absolute Gasteiger partial charge is 0.416 e. The number of carbonyl (C=O) groups is 3. The van der Waals surface area contributed by atoms with E-state index in [4.69, 9.17) is 32.4 Å². The third kappa shape index (κ3) is 7.76. The van der Waals surface area contributed by atoms with Gasteiger partial charge in [0.25, 0.3) is 5.91 Å². The second-order valence-electron chi connectivity index (χ2n) is 9.82. The summed E-state index contributed by atoms with van der Waals surface area (Å²) in [5.41, 5.74) is 2.67. The minimum Gasteiger partial charge on any atom is -0.490 e. The first-order chi connectivity index (χ1) is 20.7. The van der Waals surface area contributed by atoms with Crippen molar-refractivity contribution in [2.45, 2.75) is 45.3 Å². The molecule has 43 heavy (non-hydrogen) atoms. The molecule has 0 saturated heterocycles. The molecular formula is C32H32ClN3O7. The fraction of sp³-hybridized carbons (Fsp3) is 0.312. The van der Waals surface area contributed by atoms with Gasteiger partial charge in [-0.1, -0.05) is 35.9 Å². The largest absolute Gasteiger partial charge is 0.490 e. The number of benzene rings is 3. The van der Waals surface area contributed by atoms with Crippen LogP contribution < -0.4 is 19.5 Å². The van der Waals surface area contributed by atoms with Crippen molar-refractivity contribution in [3.8, 4) is 17.2 Å². The first-order valence-corrected chi connectivity index (χ1v) is 14.2.